The van der Waals surface area contributed by atoms with Gasteiger partial charge >= 0.3 is 0 Å². The Bertz CT molecular complexity index is 230. The highest BCUT2D eigenvalue weighted by atomic mass is 16.4. The van der Waals surface area contributed by atoms with E-state index in [1.165, 1.54) is 0 Å². The lowest BCUT2D eigenvalue weighted by atomic mass is 10.2. The van der Waals surface area contributed by atoms with E-state index in [9.17, 15) is 0 Å². The minimum Gasteiger partial charge on any atom is -0.445 e. The Hall–Kier alpha value is -0.830. The zero-order chi connectivity index (χ0) is 8.97. The zero-order valence-corrected chi connectivity index (χ0v) is 7.92. The van der Waals surface area contributed by atoms with Crippen molar-refractivity contribution in [3.05, 3.63) is 17.8 Å². The fourth-order valence-corrected chi connectivity index (χ4v) is 0.939. The molecule has 0 saturated carbocycles. The quantitative estimate of drug-likeness (QED) is 0.741. The van der Waals surface area contributed by atoms with Crippen LogP contribution in [0.15, 0.2) is 10.6 Å². The van der Waals surface area contributed by atoms with E-state index in [1.807, 2.05) is 13.2 Å². The summed E-state index contributed by atoms with van der Waals surface area (Å²) in [6, 6.07) is 0. The van der Waals surface area contributed by atoms with Gasteiger partial charge in [0.05, 0.1) is 6.20 Å². The van der Waals surface area contributed by atoms with Gasteiger partial charge in [-0.15, -0.1) is 0 Å². The minimum atomic E-state index is 0.431. The topological polar surface area (TPSA) is 38.1 Å². The smallest absolute Gasteiger partial charge is 0.195 e. The molecule has 0 atom stereocenters. The molecule has 0 aliphatic carbocycles. The van der Waals surface area contributed by atoms with Crippen LogP contribution < -0.4 is 5.32 Å². The number of hydrogen-bond donors (Lipinski definition) is 1. The molecule has 1 aromatic rings. The molecular formula is C9H16N2O. The number of aromatic nitrogens is 1. The highest BCUT2D eigenvalue weighted by molar-refractivity contribution is 4.99. The lowest BCUT2D eigenvalue weighted by molar-refractivity contribution is 0.436. The van der Waals surface area contributed by atoms with E-state index in [0.29, 0.717) is 5.92 Å². The lowest BCUT2D eigenvalue weighted by Crippen LogP contribution is -2.10. The Morgan fingerprint density at radius 2 is 2.33 bits per heavy atom. The summed E-state index contributed by atoms with van der Waals surface area (Å²) in [6.07, 6.45) is 2.68. The lowest BCUT2D eigenvalue weighted by Gasteiger charge is -1.97. The van der Waals surface area contributed by atoms with E-state index in [4.69, 9.17) is 4.42 Å². The molecule has 68 valence electrons. The van der Waals surface area contributed by atoms with Crippen molar-refractivity contribution in [3.63, 3.8) is 0 Å². The fourth-order valence-electron chi connectivity index (χ4n) is 0.939. The maximum atomic E-state index is 5.50. The maximum absolute atomic E-state index is 5.50. The van der Waals surface area contributed by atoms with Gasteiger partial charge in [-0.05, 0) is 7.05 Å². The standard InChI is InChI=1S/C9H16N2O/c1-7(2)8-6-11-9(12-8)4-5-10-3/h6-7,10H,4-5H2,1-3H3. The molecule has 1 rings (SSSR count). The molecule has 0 saturated heterocycles. The molecule has 0 bridgehead atoms. The zero-order valence-electron chi connectivity index (χ0n) is 7.92. The van der Waals surface area contributed by atoms with E-state index < -0.39 is 0 Å². The van der Waals surface area contributed by atoms with Crippen molar-refractivity contribution in [1.82, 2.24) is 10.3 Å². The van der Waals surface area contributed by atoms with Crippen LogP contribution in [0.5, 0.6) is 0 Å². The Labute approximate surface area is 73.2 Å². The second-order valence-electron chi connectivity index (χ2n) is 3.16. The number of nitrogens with zero attached hydrogens (tertiary/aromatic N) is 1. The van der Waals surface area contributed by atoms with Crippen LogP contribution in [0.25, 0.3) is 0 Å². The van der Waals surface area contributed by atoms with Crippen molar-refractivity contribution < 1.29 is 4.42 Å². The van der Waals surface area contributed by atoms with Gasteiger partial charge in [0.25, 0.3) is 0 Å². The third-order valence-corrected chi connectivity index (χ3v) is 1.73. The molecule has 0 aliphatic heterocycles. The molecule has 12 heavy (non-hydrogen) atoms. The van der Waals surface area contributed by atoms with Crippen molar-refractivity contribution in [1.29, 1.82) is 0 Å². The Morgan fingerprint density at radius 1 is 1.58 bits per heavy atom. The molecule has 1 N–H and O–H groups in total. The fraction of sp³-hybridized carbons (Fsp3) is 0.667. The Morgan fingerprint density at radius 3 is 2.83 bits per heavy atom. The van der Waals surface area contributed by atoms with Gasteiger partial charge in [-0.25, -0.2) is 4.98 Å². The second-order valence-corrected chi connectivity index (χ2v) is 3.16. The van der Waals surface area contributed by atoms with Gasteiger partial charge in [0.2, 0.25) is 0 Å². The van der Waals surface area contributed by atoms with Gasteiger partial charge < -0.3 is 9.73 Å². The monoisotopic (exact) mass is 168 g/mol. The van der Waals surface area contributed by atoms with Crippen LogP contribution in [0.4, 0.5) is 0 Å². The Balaban J connectivity index is 2.52. The molecule has 1 aromatic heterocycles. The molecule has 0 spiro atoms. The first kappa shape index (κ1) is 9.26. The molecule has 0 radical (unpaired) electrons. The van der Waals surface area contributed by atoms with E-state index in [-0.39, 0.29) is 0 Å². The largest absolute Gasteiger partial charge is 0.445 e. The van der Waals surface area contributed by atoms with Crippen LogP contribution in [-0.4, -0.2) is 18.6 Å². The molecule has 0 aliphatic rings. The summed E-state index contributed by atoms with van der Waals surface area (Å²) in [4.78, 5) is 4.17. The first-order valence-corrected chi connectivity index (χ1v) is 4.33. The van der Waals surface area contributed by atoms with E-state index in [2.05, 4.69) is 24.1 Å². The maximum Gasteiger partial charge on any atom is 0.195 e. The van der Waals surface area contributed by atoms with Crippen LogP contribution >= 0.6 is 0 Å². The van der Waals surface area contributed by atoms with Crippen molar-refractivity contribution in [2.45, 2.75) is 26.2 Å². The van der Waals surface area contributed by atoms with Gasteiger partial charge in [-0.3, -0.25) is 0 Å². The number of likely N-dealkylation sites (N-methyl/N-ethyl adjacent to an activating group) is 1. The summed E-state index contributed by atoms with van der Waals surface area (Å²) in [6.45, 7) is 5.11. The molecule has 3 heteroatoms. The highest BCUT2D eigenvalue weighted by Gasteiger charge is 2.05. The first-order valence-electron chi connectivity index (χ1n) is 4.33. The predicted molar refractivity (Wildman–Crippen MR) is 48.2 cm³/mol. The Kier molecular flexibility index (Phi) is 3.29. The third kappa shape index (κ3) is 2.34. The van der Waals surface area contributed by atoms with Crippen LogP contribution in [0.2, 0.25) is 0 Å². The summed E-state index contributed by atoms with van der Waals surface area (Å²) in [5.74, 6) is 2.23. The molecule has 1 heterocycles. The van der Waals surface area contributed by atoms with Crippen molar-refractivity contribution in [2.24, 2.45) is 0 Å². The number of nitrogens with one attached hydrogen (secondary N) is 1. The van der Waals surface area contributed by atoms with Gasteiger partial charge in [-0.1, -0.05) is 13.8 Å². The summed E-state index contributed by atoms with van der Waals surface area (Å²) in [5.41, 5.74) is 0. The second kappa shape index (κ2) is 4.26. The molecule has 0 aromatic carbocycles. The molecule has 3 nitrogen and oxygen atoms in total. The predicted octanol–water partition coefficient (Wildman–Crippen LogP) is 1.56. The van der Waals surface area contributed by atoms with Crippen molar-refractivity contribution in [3.8, 4) is 0 Å². The molecule has 0 unspecified atom stereocenters. The number of hydrogen-bond acceptors (Lipinski definition) is 3. The number of rotatable bonds is 4. The minimum absolute atomic E-state index is 0.431. The molecule has 0 fully saturated rings. The average molecular weight is 168 g/mol. The van der Waals surface area contributed by atoms with E-state index in [1.54, 1.807) is 0 Å². The summed E-state index contributed by atoms with van der Waals surface area (Å²) in [5, 5.41) is 3.05. The van der Waals surface area contributed by atoms with Crippen molar-refractivity contribution >= 4 is 0 Å². The van der Waals surface area contributed by atoms with Gasteiger partial charge in [-0.2, -0.15) is 0 Å². The normalized spacial score (nSPS) is 11.0. The first-order chi connectivity index (χ1) is 5.74. The van der Waals surface area contributed by atoms with Crippen molar-refractivity contribution in [2.75, 3.05) is 13.6 Å². The van der Waals surface area contributed by atoms with Gasteiger partial charge in [0, 0.05) is 18.9 Å². The molecule has 0 amide bonds. The van der Waals surface area contributed by atoms with Crippen LogP contribution in [0.1, 0.15) is 31.4 Å². The van der Waals surface area contributed by atoms with Crippen LogP contribution in [-0.2, 0) is 6.42 Å². The summed E-state index contributed by atoms with van der Waals surface area (Å²) in [7, 11) is 1.92. The van der Waals surface area contributed by atoms with E-state index in [0.717, 1.165) is 24.6 Å². The van der Waals surface area contributed by atoms with Gasteiger partial charge in [0.15, 0.2) is 5.89 Å². The highest BCUT2D eigenvalue weighted by Crippen LogP contribution is 2.14. The van der Waals surface area contributed by atoms with E-state index >= 15 is 0 Å². The van der Waals surface area contributed by atoms with Crippen LogP contribution in [0.3, 0.4) is 0 Å². The van der Waals surface area contributed by atoms with Crippen LogP contribution in [0, 0.1) is 0 Å². The third-order valence-electron chi connectivity index (χ3n) is 1.73. The number of oxazole rings is 1. The van der Waals surface area contributed by atoms with Gasteiger partial charge in [0.1, 0.15) is 5.76 Å². The summed E-state index contributed by atoms with van der Waals surface area (Å²) >= 11 is 0. The summed E-state index contributed by atoms with van der Waals surface area (Å²) < 4.78 is 5.50. The SMILES string of the molecule is CNCCc1ncc(C(C)C)o1. The average Bonchev–Trinajstić information content (AvgIpc) is 2.48. The molecular weight excluding hydrogens is 152 g/mol.